The normalized spacial score (nSPS) is 15.9. The molecule has 0 aliphatic carbocycles. The van der Waals surface area contributed by atoms with Gasteiger partial charge in [-0.05, 0) is 29.8 Å². The zero-order chi connectivity index (χ0) is 15.7. The number of ketones is 1. The second kappa shape index (κ2) is 5.40. The lowest BCUT2D eigenvalue weighted by Crippen LogP contribution is -2.31. The van der Waals surface area contributed by atoms with Gasteiger partial charge in [0.25, 0.3) is 5.91 Å². The van der Waals surface area contributed by atoms with Crippen LogP contribution in [0.5, 0.6) is 0 Å². The quantitative estimate of drug-likeness (QED) is 0.673. The van der Waals surface area contributed by atoms with Crippen molar-refractivity contribution in [1.29, 1.82) is 0 Å². The van der Waals surface area contributed by atoms with E-state index < -0.39 is 29.3 Å². The van der Waals surface area contributed by atoms with Gasteiger partial charge in [0.1, 0.15) is 11.7 Å². The van der Waals surface area contributed by atoms with Crippen LogP contribution in [0.4, 0.5) is 15.8 Å². The summed E-state index contributed by atoms with van der Waals surface area (Å²) in [6, 6.07) is 11.9. The molecule has 1 aliphatic heterocycles. The summed E-state index contributed by atoms with van der Waals surface area (Å²) < 4.78 is 13.1. The van der Waals surface area contributed by atoms with Gasteiger partial charge < -0.3 is 10.6 Å². The van der Waals surface area contributed by atoms with Crippen LogP contribution in [-0.2, 0) is 14.4 Å². The van der Waals surface area contributed by atoms with E-state index in [-0.39, 0.29) is 5.69 Å². The third-order valence-corrected chi connectivity index (χ3v) is 3.36. The Morgan fingerprint density at radius 3 is 2.64 bits per heavy atom. The second-order valence-corrected chi connectivity index (χ2v) is 4.84. The number of hydrogen-bond acceptors (Lipinski definition) is 3. The van der Waals surface area contributed by atoms with Crippen LogP contribution in [0.3, 0.4) is 0 Å². The monoisotopic (exact) mass is 298 g/mol. The molecular weight excluding hydrogens is 287 g/mol. The molecule has 0 saturated heterocycles. The van der Waals surface area contributed by atoms with E-state index in [1.54, 1.807) is 24.3 Å². The first-order valence-electron chi connectivity index (χ1n) is 6.57. The second-order valence-electron chi connectivity index (χ2n) is 4.84. The molecule has 2 aromatic rings. The van der Waals surface area contributed by atoms with Crippen molar-refractivity contribution in [3.05, 3.63) is 59.9 Å². The van der Waals surface area contributed by atoms with Gasteiger partial charge in [0.15, 0.2) is 0 Å². The van der Waals surface area contributed by atoms with E-state index in [1.165, 1.54) is 18.2 Å². The number of para-hydroxylation sites is 1. The number of hydrogen-bond donors (Lipinski definition) is 2. The molecule has 0 radical (unpaired) electrons. The summed E-state index contributed by atoms with van der Waals surface area (Å²) in [6.07, 6.45) is 0. The van der Waals surface area contributed by atoms with Crippen LogP contribution in [0.25, 0.3) is 0 Å². The van der Waals surface area contributed by atoms with Crippen LogP contribution in [0.2, 0.25) is 0 Å². The molecular formula is C16H11FN2O3. The Kier molecular flexibility index (Phi) is 3.42. The third-order valence-electron chi connectivity index (χ3n) is 3.36. The molecule has 0 bridgehead atoms. The predicted octanol–water partition coefficient (Wildman–Crippen LogP) is 2.07. The van der Waals surface area contributed by atoms with Crippen LogP contribution in [0.15, 0.2) is 48.5 Å². The van der Waals surface area contributed by atoms with Gasteiger partial charge in [0.05, 0.1) is 0 Å². The molecule has 1 unspecified atom stereocenters. The zero-order valence-electron chi connectivity index (χ0n) is 11.3. The highest BCUT2D eigenvalue weighted by molar-refractivity contribution is 6.47. The van der Waals surface area contributed by atoms with E-state index in [1.807, 2.05) is 0 Å². The van der Waals surface area contributed by atoms with Gasteiger partial charge in [-0.2, -0.15) is 0 Å². The van der Waals surface area contributed by atoms with Gasteiger partial charge in [-0.3, -0.25) is 14.4 Å². The number of halogens is 1. The smallest absolute Gasteiger partial charge is 0.292 e. The van der Waals surface area contributed by atoms with Crippen molar-refractivity contribution in [2.75, 3.05) is 10.6 Å². The first kappa shape index (κ1) is 13.9. The largest absolute Gasteiger partial charge is 0.325 e. The van der Waals surface area contributed by atoms with E-state index >= 15 is 0 Å². The van der Waals surface area contributed by atoms with E-state index in [0.717, 1.165) is 6.07 Å². The molecule has 0 aromatic heterocycles. The first-order chi connectivity index (χ1) is 10.6. The number of benzene rings is 2. The van der Waals surface area contributed by atoms with Crippen molar-refractivity contribution in [3.8, 4) is 0 Å². The standard InChI is InChI=1S/C16H11FN2O3/c17-9-4-3-5-10(8-9)18-16(22)14(20)13-11-6-1-2-7-12(11)19-15(13)21/h1-8,13H,(H,18,22)(H,19,21). The molecule has 6 heteroatoms. The Hall–Kier alpha value is -3.02. The summed E-state index contributed by atoms with van der Waals surface area (Å²) in [5.74, 6) is -4.09. The summed E-state index contributed by atoms with van der Waals surface area (Å²) in [4.78, 5) is 36.2. The molecule has 3 rings (SSSR count). The van der Waals surface area contributed by atoms with E-state index in [9.17, 15) is 18.8 Å². The summed E-state index contributed by atoms with van der Waals surface area (Å²) >= 11 is 0. The van der Waals surface area contributed by atoms with Crippen molar-refractivity contribution in [2.24, 2.45) is 0 Å². The first-order valence-corrected chi connectivity index (χ1v) is 6.57. The lowest BCUT2D eigenvalue weighted by atomic mass is 9.95. The molecule has 1 atom stereocenters. The number of anilines is 2. The van der Waals surface area contributed by atoms with Crippen LogP contribution < -0.4 is 10.6 Å². The van der Waals surface area contributed by atoms with E-state index in [4.69, 9.17) is 0 Å². The molecule has 5 nitrogen and oxygen atoms in total. The molecule has 110 valence electrons. The van der Waals surface area contributed by atoms with Crippen LogP contribution in [0, 0.1) is 5.82 Å². The number of rotatable bonds is 3. The lowest BCUT2D eigenvalue weighted by Gasteiger charge is -2.08. The molecule has 2 N–H and O–H groups in total. The maximum Gasteiger partial charge on any atom is 0.292 e. The van der Waals surface area contributed by atoms with E-state index in [2.05, 4.69) is 10.6 Å². The highest BCUT2D eigenvalue weighted by atomic mass is 19.1. The highest BCUT2D eigenvalue weighted by Gasteiger charge is 2.39. The Morgan fingerprint density at radius 1 is 1.09 bits per heavy atom. The maximum atomic E-state index is 13.1. The number of carbonyl (C=O) groups excluding carboxylic acids is 3. The minimum absolute atomic E-state index is 0.157. The van der Waals surface area contributed by atoms with Gasteiger partial charge in [-0.15, -0.1) is 0 Å². The number of fused-ring (bicyclic) bond motifs is 1. The average Bonchev–Trinajstić information content (AvgIpc) is 2.82. The van der Waals surface area contributed by atoms with Crippen molar-refractivity contribution >= 4 is 29.0 Å². The number of carbonyl (C=O) groups is 3. The predicted molar refractivity (Wildman–Crippen MR) is 77.8 cm³/mol. The molecule has 0 fully saturated rings. The fourth-order valence-electron chi connectivity index (χ4n) is 2.36. The Bertz CT molecular complexity index is 788. The summed E-state index contributed by atoms with van der Waals surface area (Å²) in [6.45, 7) is 0. The minimum Gasteiger partial charge on any atom is -0.325 e. The average molecular weight is 298 g/mol. The van der Waals surface area contributed by atoms with Crippen molar-refractivity contribution in [1.82, 2.24) is 0 Å². The number of nitrogens with one attached hydrogen (secondary N) is 2. The summed E-state index contributed by atoms with van der Waals surface area (Å²) in [5.41, 5.74) is 1.14. The zero-order valence-corrected chi connectivity index (χ0v) is 11.3. The fraction of sp³-hybridized carbons (Fsp3) is 0.0625. The summed E-state index contributed by atoms with van der Waals surface area (Å²) in [7, 11) is 0. The number of Topliss-reactive ketones (excluding diaryl/α,β-unsaturated/α-hetero) is 1. The molecule has 1 heterocycles. The molecule has 1 aliphatic rings. The van der Waals surface area contributed by atoms with Crippen LogP contribution in [-0.4, -0.2) is 17.6 Å². The van der Waals surface area contributed by atoms with Crippen LogP contribution >= 0.6 is 0 Å². The van der Waals surface area contributed by atoms with Crippen molar-refractivity contribution in [2.45, 2.75) is 5.92 Å². The maximum absolute atomic E-state index is 13.1. The molecule has 0 spiro atoms. The minimum atomic E-state index is -1.18. The fourth-order valence-corrected chi connectivity index (χ4v) is 2.36. The molecule has 2 amide bonds. The highest BCUT2D eigenvalue weighted by Crippen LogP contribution is 2.32. The van der Waals surface area contributed by atoms with E-state index in [0.29, 0.717) is 11.3 Å². The van der Waals surface area contributed by atoms with Crippen molar-refractivity contribution in [3.63, 3.8) is 0 Å². The Labute approximate surface area is 125 Å². The van der Waals surface area contributed by atoms with Gasteiger partial charge in [-0.25, -0.2) is 4.39 Å². The van der Waals surface area contributed by atoms with Crippen LogP contribution in [0.1, 0.15) is 11.5 Å². The lowest BCUT2D eigenvalue weighted by molar-refractivity contribution is -0.138. The molecule has 0 saturated carbocycles. The third kappa shape index (κ3) is 2.46. The molecule has 22 heavy (non-hydrogen) atoms. The molecule has 2 aromatic carbocycles. The van der Waals surface area contributed by atoms with Gasteiger partial charge in [0.2, 0.25) is 11.7 Å². The SMILES string of the molecule is O=C(Nc1cccc(F)c1)C(=O)C1C(=O)Nc2ccccc21. The Morgan fingerprint density at radius 2 is 1.86 bits per heavy atom. The topological polar surface area (TPSA) is 75.3 Å². The van der Waals surface area contributed by atoms with Gasteiger partial charge >= 0.3 is 0 Å². The summed E-state index contributed by atoms with van der Waals surface area (Å²) in [5, 5.41) is 4.86. The van der Waals surface area contributed by atoms with Gasteiger partial charge in [0, 0.05) is 11.4 Å². The van der Waals surface area contributed by atoms with Crippen molar-refractivity contribution < 1.29 is 18.8 Å². The number of amides is 2. The van der Waals surface area contributed by atoms with Gasteiger partial charge in [-0.1, -0.05) is 24.3 Å². The Balaban J connectivity index is 1.82.